The topological polar surface area (TPSA) is 94.3 Å². The summed E-state index contributed by atoms with van der Waals surface area (Å²) in [5.41, 5.74) is 4.57. The largest absolute Gasteiger partial charge is 0.356 e. The van der Waals surface area contributed by atoms with Crippen molar-refractivity contribution >= 4 is 40.4 Å². The molecular formula is C30H36N4O3S. The van der Waals surface area contributed by atoms with Crippen LogP contribution in [0.5, 0.6) is 0 Å². The third kappa shape index (κ3) is 4.94. The lowest BCUT2D eigenvalue weighted by atomic mass is 9.89. The second kappa shape index (κ2) is 11.6. The Balaban J connectivity index is 1.42. The number of thioether (sulfide) groups is 1. The van der Waals surface area contributed by atoms with Crippen molar-refractivity contribution in [1.82, 2.24) is 20.5 Å². The molecule has 8 heteroatoms. The van der Waals surface area contributed by atoms with E-state index in [1.54, 1.807) is 16.7 Å². The van der Waals surface area contributed by atoms with Gasteiger partial charge in [-0.15, -0.1) is 0 Å². The molecule has 0 saturated heterocycles. The molecule has 0 bridgehead atoms. The summed E-state index contributed by atoms with van der Waals surface area (Å²) in [6.45, 7) is 2.76. The van der Waals surface area contributed by atoms with Gasteiger partial charge in [0.1, 0.15) is 12.1 Å². The summed E-state index contributed by atoms with van der Waals surface area (Å²) in [5, 5.41) is 7.12. The Kier molecular flexibility index (Phi) is 8.07. The van der Waals surface area contributed by atoms with E-state index in [0.717, 1.165) is 59.2 Å². The van der Waals surface area contributed by atoms with E-state index >= 15 is 0 Å². The predicted molar refractivity (Wildman–Crippen MR) is 152 cm³/mol. The number of rotatable bonds is 11. The molecule has 0 fully saturated rings. The summed E-state index contributed by atoms with van der Waals surface area (Å²) >= 11 is 1.65. The van der Waals surface area contributed by atoms with Crippen LogP contribution < -0.4 is 10.6 Å². The summed E-state index contributed by atoms with van der Waals surface area (Å²) in [4.78, 5) is 45.9. The fraction of sp³-hybridized carbons (Fsp3) is 0.433. The Morgan fingerprint density at radius 3 is 2.71 bits per heavy atom. The normalized spacial score (nSPS) is 18.6. The molecule has 0 aliphatic carbocycles. The van der Waals surface area contributed by atoms with E-state index in [1.807, 2.05) is 48.7 Å². The maximum absolute atomic E-state index is 13.9. The molecule has 1 aromatic heterocycles. The number of hydrogen-bond acceptors (Lipinski definition) is 4. The lowest BCUT2D eigenvalue weighted by Gasteiger charge is -2.37. The number of aromatic amines is 1. The monoisotopic (exact) mass is 532 g/mol. The number of benzene rings is 2. The smallest absolute Gasteiger partial charge is 0.255 e. The van der Waals surface area contributed by atoms with Gasteiger partial charge in [0, 0.05) is 35.1 Å². The molecule has 3 aromatic rings. The van der Waals surface area contributed by atoms with Gasteiger partial charge in [-0.3, -0.25) is 14.4 Å². The standard InChI is InChI=1S/C30H36N4O3S/c1-3-4-5-10-16-31-28(35)24(15-17-38-2)33-29(36)25-18-22-19-11-8-9-14-23(19)32-26(22)27-20-12-6-7-13-21(20)30(37)34(25)27/h6-9,11-14,24-25,27,32H,3-5,10,15-18H2,1-2H3,(H,31,35)(H,33,36)/t24-,25-,27-/m0/s1. The van der Waals surface area contributed by atoms with Crippen LogP contribution in [0.1, 0.15) is 72.2 Å². The summed E-state index contributed by atoms with van der Waals surface area (Å²) in [5.74, 6) is 0.179. The molecule has 2 aliphatic rings. The van der Waals surface area contributed by atoms with Crippen LogP contribution in [0, 0.1) is 0 Å². The molecule has 2 aliphatic heterocycles. The molecule has 3 N–H and O–H groups in total. The number of para-hydroxylation sites is 1. The van der Waals surface area contributed by atoms with Gasteiger partial charge in [0.25, 0.3) is 5.91 Å². The van der Waals surface area contributed by atoms with Crippen molar-refractivity contribution in [3.63, 3.8) is 0 Å². The maximum Gasteiger partial charge on any atom is 0.255 e. The van der Waals surface area contributed by atoms with Crippen molar-refractivity contribution in [1.29, 1.82) is 0 Å². The van der Waals surface area contributed by atoms with Crippen molar-refractivity contribution in [2.24, 2.45) is 0 Å². The van der Waals surface area contributed by atoms with E-state index < -0.39 is 12.1 Å². The highest BCUT2D eigenvalue weighted by atomic mass is 32.2. The lowest BCUT2D eigenvalue weighted by molar-refractivity contribution is -0.132. The average molecular weight is 533 g/mol. The number of nitrogens with zero attached hydrogens (tertiary/aromatic N) is 1. The molecule has 38 heavy (non-hydrogen) atoms. The second-order valence-corrected chi connectivity index (χ2v) is 11.2. The van der Waals surface area contributed by atoms with Crippen LogP contribution in [-0.4, -0.2) is 58.2 Å². The number of unbranched alkanes of at least 4 members (excludes halogenated alkanes) is 3. The first-order valence-corrected chi connectivity index (χ1v) is 15.0. The number of fused-ring (bicyclic) bond motifs is 7. The fourth-order valence-electron chi connectivity index (χ4n) is 5.80. The highest BCUT2D eigenvalue weighted by molar-refractivity contribution is 7.98. The zero-order valence-electron chi connectivity index (χ0n) is 22.1. The number of carbonyl (C=O) groups is 3. The van der Waals surface area contributed by atoms with E-state index in [9.17, 15) is 14.4 Å². The Hall–Kier alpha value is -3.26. The van der Waals surface area contributed by atoms with E-state index in [4.69, 9.17) is 0 Å². The summed E-state index contributed by atoms with van der Waals surface area (Å²) in [7, 11) is 0. The van der Waals surface area contributed by atoms with Crippen molar-refractivity contribution in [3.8, 4) is 0 Å². The summed E-state index contributed by atoms with van der Waals surface area (Å²) < 4.78 is 0. The molecule has 2 aromatic carbocycles. The van der Waals surface area contributed by atoms with Crippen LogP contribution in [0.3, 0.4) is 0 Å². The van der Waals surface area contributed by atoms with E-state index in [2.05, 4.69) is 28.6 Å². The van der Waals surface area contributed by atoms with Crippen LogP contribution in [0.4, 0.5) is 0 Å². The first-order chi connectivity index (χ1) is 18.5. The minimum absolute atomic E-state index is 0.143. The number of nitrogens with one attached hydrogen (secondary N) is 3. The van der Waals surface area contributed by atoms with Gasteiger partial charge in [-0.25, -0.2) is 0 Å². The summed E-state index contributed by atoms with van der Waals surface area (Å²) in [6, 6.07) is 14.0. The molecule has 200 valence electrons. The number of amides is 3. The SMILES string of the molecule is CCCCCCNC(=O)[C@H](CCSC)NC(=O)[C@@H]1Cc2c([nH]c3ccccc23)[C@@H]2c3ccccc3C(=O)N21. The zero-order chi connectivity index (χ0) is 26.6. The minimum atomic E-state index is -0.708. The number of hydrogen-bond donors (Lipinski definition) is 3. The van der Waals surface area contributed by atoms with Crippen LogP contribution in [-0.2, 0) is 16.0 Å². The molecule has 0 spiro atoms. The first kappa shape index (κ1) is 26.4. The fourth-order valence-corrected chi connectivity index (χ4v) is 6.27. The predicted octanol–water partition coefficient (Wildman–Crippen LogP) is 4.57. The molecule has 0 radical (unpaired) electrons. The van der Waals surface area contributed by atoms with Crippen LogP contribution >= 0.6 is 11.8 Å². The first-order valence-electron chi connectivity index (χ1n) is 13.6. The Morgan fingerprint density at radius 2 is 1.89 bits per heavy atom. The van der Waals surface area contributed by atoms with Gasteiger partial charge in [0.2, 0.25) is 11.8 Å². The highest BCUT2D eigenvalue weighted by Gasteiger charge is 2.49. The van der Waals surface area contributed by atoms with Gasteiger partial charge in [-0.05, 0) is 48.1 Å². The van der Waals surface area contributed by atoms with Gasteiger partial charge in [0.15, 0.2) is 0 Å². The molecule has 0 unspecified atom stereocenters. The van der Waals surface area contributed by atoms with Crippen LogP contribution in [0.2, 0.25) is 0 Å². The summed E-state index contributed by atoms with van der Waals surface area (Å²) in [6.07, 6.45) is 7.22. The van der Waals surface area contributed by atoms with E-state index in [-0.39, 0.29) is 23.8 Å². The number of aromatic nitrogens is 1. The molecular weight excluding hydrogens is 496 g/mol. The lowest BCUT2D eigenvalue weighted by Crippen LogP contribution is -2.56. The third-order valence-corrected chi connectivity index (χ3v) is 8.37. The van der Waals surface area contributed by atoms with Gasteiger partial charge in [-0.1, -0.05) is 62.6 Å². The van der Waals surface area contributed by atoms with Crippen LogP contribution in [0.25, 0.3) is 10.9 Å². The highest BCUT2D eigenvalue weighted by Crippen LogP contribution is 2.46. The average Bonchev–Trinajstić information content (AvgIpc) is 3.45. The second-order valence-electron chi connectivity index (χ2n) is 10.2. The molecule has 3 heterocycles. The molecule has 7 nitrogen and oxygen atoms in total. The number of H-pyrrole nitrogens is 1. The minimum Gasteiger partial charge on any atom is -0.356 e. The Bertz CT molecular complexity index is 1340. The zero-order valence-corrected chi connectivity index (χ0v) is 22.9. The maximum atomic E-state index is 13.9. The number of carbonyl (C=O) groups excluding carboxylic acids is 3. The molecule has 5 rings (SSSR count). The van der Waals surface area contributed by atoms with Gasteiger partial charge in [-0.2, -0.15) is 11.8 Å². The van der Waals surface area contributed by atoms with Crippen molar-refractivity contribution in [2.75, 3.05) is 18.6 Å². The molecule has 0 saturated carbocycles. The van der Waals surface area contributed by atoms with Crippen molar-refractivity contribution < 1.29 is 14.4 Å². The van der Waals surface area contributed by atoms with E-state index in [1.165, 1.54) is 0 Å². The van der Waals surface area contributed by atoms with Crippen molar-refractivity contribution in [2.45, 2.75) is 63.6 Å². The van der Waals surface area contributed by atoms with Gasteiger partial charge >= 0.3 is 0 Å². The van der Waals surface area contributed by atoms with Gasteiger partial charge < -0.3 is 20.5 Å². The third-order valence-electron chi connectivity index (χ3n) is 7.73. The molecule has 3 atom stereocenters. The van der Waals surface area contributed by atoms with Gasteiger partial charge in [0.05, 0.1) is 6.04 Å². The Labute approximate surface area is 228 Å². The molecule has 3 amide bonds. The van der Waals surface area contributed by atoms with Crippen LogP contribution in [0.15, 0.2) is 48.5 Å². The Morgan fingerprint density at radius 1 is 1.11 bits per heavy atom. The quantitative estimate of drug-likeness (QED) is 0.315. The van der Waals surface area contributed by atoms with Crippen molar-refractivity contribution in [3.05, 3.63) is 70.9 Å². The van der Waals surface area contributed by atoms with E-state index in [0.29, 0.717) is 24.9 Å².